The number of hydrogen-bond donors (Lipinski definition) is 1. The lowest BCUT2D eigenvalue weighted by molar-refractivity contribution is 0.113. The van der Waals surface area contributed by atoms with E-state index in [4.69, 9.17) is 0 Å². The van der Waals surface area contributed by atoms with Crippen LogP contribution in [-0.4, -0.2) is 56.1 Å². The van der Waals surface area contributed by atoms with Crippen LogP contribution in [0.5, 0.6) is 0 Å². The van der Waals surface area contributed by atoms with E-state index in [2.05, 4.69) is 66.3 Å². The highest BCUT2D eigenvalue weighted by molar-refractivity contribution is 5.19. The molecule has 118 valence electrons. The van der Waals surface area contributed by atoms with Crippen LogP contribution in [0.15, 0.2) is 30.3 Å². The van der Waals surface area contributed by atoms with Crippen molar-refractivity contribution < 1.29 is 0 Å². The van der Waals surface area contributed by atoms with E-state index >= 15 is 0 Å². The van der Waals surface area contributed by atoms with E-state index < -0.39 is 0 Å². The number of rotatable bonds is 7. The third kappa shape index (κ3) is 4.80. The smallest absolute Gasteiger partial charge is 0.0355 e. The van der Waals surface area contributed by atoms with Crippen molar-refractivity contribution in [2.24, 2.45) is 5.92 Å². The molecule has 2 unspecified atom stereocenters. The fraction of sp³-hybridized carbons (Fsp3) is 0.667. The Morgan fingerprint density at radius 1 is 1.05 bits per heavy atom. The summed E-state index contributed by atoms with van der Waals surface area (Å²) in [4.78, 5) is 5.22. The lowest BCUT2D eigenvalue weighted by Crippen LogP contribution is -2.48. The molecule has 1 heterocycles. The summed E-state index contributed by atoms with van der Waals surface area (Å²) in [6, 6.07) is 11.3. The van der Waals surface area contributed by atoms with E-state index in [1.54, 1.807) is 0 Å². The molecule has 1 fully saturated rings. The fourth-order valence-electron chi connectivity index (χ4n) is 3.46. The van der Waals surface area contributed by atoms with Crippen LogP contribution in [0.4, 0.5) is 0 Å². The Bertz CT molecular complexity index is 385. The molecule has 2 rings (SSSR count). The highest BCUT2D eigenvalue weighted by Gasteiger charge is 2.22. The standard InChI is InChI=1S/C18H31N3/c1-4-10-20-11-13-21(14-12-20)15-16(2)18(19-3)17-8-6-5-7-9-17/h5-9,16,18-19H,4,10-15H2,1-3H3. The Hall–Kier alpha value is -0.900. The van der Waals surface area contributed by atoms with E-state index in [-0.39, 0.29) is 0 Å². The SMILES string of the molecule is CCCN1CCN(CC(C)C(NC)c2ccccc2)CC1. The maximum Gasteiger partial charge on any atom is 0.0355 e. The largest absolute Gasteiger partial charge is 0.313 e. The van der Waals surface area contributed by atoms with Crippen molar-refractivity contribution in [3.63, 3.8) is 0 Å². The summed E-state index contributed by atoms with van der Waals surface area (Å²) in [7, 11) is 2.08. The van der Waals surface area contributed by atoms with Gasteiger partial charge in [-0.2, -0.15) is 0 Å². The van der Waals surface area contributed by atoms with Gasteiger partial charge in [0.2, 0.25) is 0 Å². The Labute approximate surface area is 130 Å². The topological polar surface area (TPSA) is 18.5 Å². The Morgan fingerprint density at radius 2 is 1.67 bits per heavy atom. The minimum Gasteiger partial charge on any atom is -0.313 e. The maximum atomic E-state index is 3.50. The van der Waals surface area contributed by atoms with E-state index in [0.717, 1.165) is 0 Å². The number of piperazine rings is 1. The summed E-state index contributed by atoms with van der Waals surface area (Å²) >= 11 is 0. The van der Waals surface area contributed by atoms with Crippen LogP contribution in [0.1, 0.15) is 31.9 Å². The zero-order chi connectivity index (χ0) is 15.1. The van der Waals surface area contributed by atoms with Gasteiger partial charge in [-0.15, -0.1) is 0 Å². The van der Waals surface area contributed by atoms with Crippen molar-refractivity contribution in [1.29, 1.82) is 0 Å². The summed E-state index contributed by atoms with van der Waals surface area (Å²) < 4.78 is 0. The van der Waals surface area contributed by atoms with Crippen molar-refractivity contribution >= 4 is 0 Å². The van der Waals surface area contributed by atoms with Crippen LogP contribution >= 0.6 is 0 Å². The second-order valence-corrected chi connectivity index (χ2v) is 6.30. The second kappa shape index (κ2) is 8.52. The van der Waals surface area contributed by atoms with E-state index in [1.165, 1.54) is 51.3 Å². The van der Waals surface area contributed by atoms with Crippen molar-refractivity contribution in [3.8, 4) is 0 Å². The third-order valence-corrected chi connectivity index (χ3v) is 4.59. The summed E-state index contributed by atoms with van der Waals surface area (Å²) in [5, 5.41) is 3.50. The lowest BCUT2D eigenvalue weighted by Gasteiger charge is -2.37. The molecule has 1 aromatic rings. The van der Waals surface area contributed by atoms with Gasteiger partial charge < -0.3 is 15.1 Å². The normalized spacial score (nSPS) is 20.3. The maximum absolute atomic E-state index is 3.50. The van der Waals surface area contributed by atoms with Crippen LogP contribution < -0.4 is 5.32 Å². The van der Waals surface area contributed by atoms with Crippen LogP contribution in [0.3, 0.4) is 0 Å². The molecule has 21 heavy (non-hydrogen) atoms. The first kappa shape index (κ1) is 16.5. The van der Waals surface area contributed by atoms with E-state index in [9.17, 15) is 0 Å². The van der Waals surface area contributed by atoms with Crippen molar-refractivity contribution in [3.05, 3.63) is 35.9 Å². The van der Waals surface area contributed by atoms with Gasteiger partial charge in [-0.3, -0.25) is 0 Å². The monoisotopic (exact) mass is 289 g/mol. The van der Waals surface area contributed by atoms with Crippen LogP contribution in [-0.2, 0) is 0 Å². The molecule has 1 aliphatic rings. The molecule has 0 radical (unpaired) electrons. The summed E-state index contributed by atoms with van der Waals surface area (Å²) in [5.41, 5.74) is 1.40. The van der Waals surface area contributed by atoms with Crippen LogP contribution in [0.25, 0.3) is 0 Å². The van der Waals surface area contributed by atoms with Crippen LogP contribution in [0, 0.1) is 5.92 Å². The first-order valence-electron chi connectivity index (χ1n) is 8.41. The zero-order valence-corrected chi connectivity index (χ0v) is 13.9. The molecular formula is C18H31N3. The van der Waals surface area contributed by atoms with Gasteiger partial charge in [-0.1, -0.05) is 44.2 Å². The predicted molar refractivity (Wildman–Crippen MR) is 90.6 cm³/mol. The molecule has 1 aliphatic heterocycles. The second-order valence-electron chi connectivity index (χ2n) is 6.30. The molecule has 2 atom stereocenters. The number of nitrogens with zero attached hydrogens (tertiary/aromatic N) is 2. The van der Waals surface area contributed by atoms with Crippen LogP contribution in [0.2, 0.25) is 0 Å². The molecule has 0 bridgehead atoms. The van der Waals surface area contributed by atoms with E-state index in [0.29, 0.717) is 12.0 Å². The molecule has 1 aromatic carbocycles. The van der Waals surface area contributed by atoms with Gasteiger partial charge in [0.05, 0.1) is 0 Å². The molecule has 3 nitrogen and oxygen atoms in total. The summed E-state index contributed by atoms with van der Waals surface area (Å²) in [6.45, 7) is 12.0. The highest BCUT2D eigenvalue weighted by atomic mass is 15.3. The van der Waals surface area contributed by atoms with Gasteiger partial charge in [-0.05, 0) is 31.5 Å². The molecular weight excluding hydrogens is 258 g/mol. The minimum absolute atomic E-state index is 0.444. The summed E-state index contributed by atoms with van der Waals surface area (Å²) in [5.74, 6) is 0.620. The molecule has 0 saturated carbocycles. The van der Waals surface area contributed by atoms with Gasteiger partial charge in [0.1, 0.15) is 0 Å². The first-order chi connectivity index (χ1) is 10.2. The molecule has 1 saturated heterocycles. The molecule has 3 heteroatoms. The zero-order valence-electron chi connectivity index (χ0n) is 13.9. The predicted octanol–water partition coefficient (Wildman–Crippen LogP) is 2.61. The van der Waals surface area contributed by atoms with Crippen molar-refractivity contribution in [2.75, 3.05) is 46.3 Å². The average Bonchev–Trinajstić information content (AvgIpc) is 2.51. The number of benzene rings is 1. The number of hydrogen-bond acceptors (Lipinski definition) is 3. The minimum atomic E-state index is 0.444. The van der Waals surface area contributed by atoms with Gasteiger partial charge in [0, 0.05) is 38.8 Å². The molecule has 0 amide bonds. The first-order valence-corrected chi connectivity index (χ1v) is 8.41. The van der Waals surface area contributed by atoms with Gasteiger partial charge in [-0.25, -0.2) is 0 Å². The van der Waals surface area contributed by atoms with Gasteiger partial charge in [0.15, 0.2) is 0 Å². The van der Waals surface area contributed by atoms with Crippen molar-refractivity contribution in [1.82, 2.24) is 15.1 Å². The lowest BCUT2D eigenvalue weighted by atomic mass is 9.94. The molecule has 0 aromatic heterocycles. The Kier molecular flexibility index (Phi) is 6.68. The number of nitrogens with one attached hydrogen (secondary N) is 1. The Balaban J connectivity index is 1.85. The van der Waals surface area contributed by atoms with Crippen molar-refractivity contribution in [2.45, 2.75) is 26.3 Å². The summed E-state index contributed by atoms with van der Waals surface area (Å²) in [6.07, 6.45) is 1.27. The molecule has 0 spiro atoms. The highest BCUT2D eigenvalue weighted by Crippen LogP contribution is 2.22. The van der Waals surface area contributed by atoms with E-state index in [1.807, 2.05) is 0 Å². The van der Waals surface area contributed by atoms with Gasteiger partial charge >= 0.3 is 0 Å². The molecule has 1 N–H and O–H groups in total. The third-order valence-electron chi connectivity index (χ3n) is 4.59. The van der Waals surface area contributed by atoms with Gasteiger partial charge in [0.25, 0.3) is 0 Å². The fourth-order valence-corrected chi connectivity index (χ4v) is 3.46. The Morgan fingerprint density at radius 3 is 2.24 bits per heavy atom. The average molecular weight is 289 g/mol. The molecule has 0 aliphatic carbocycles. The quantitative estimate of drug-likeness (QED) is 0.832.